The van der Waals surface area contributed by atoms with Gasteiger partial charge in [0.15, 0.2) is 0 Å². The highest BCUT2D eigenvalue weighted by Gasteiger charge is 2.28. The van der Waals surface area contributed by atoms with Crippen molar-refractivity contribution < 1.29 is 4.79 Å². The zero-order chi connectivity index (χ0) is 15.5. The highest BCUT2D eigenvalue weighted by Crippen LogP contribution is 2.35. The van der Waals surface area contributed by atoms with Crippen molar-refractivity contribution in [1.82, 2.24) is 9.88 Å². The van der Waals surface area contributed by atoms with Gasteiger partial charge < -0.3 is 4.90 Å². The molecule has 1 amide bonds. The van der Waals surface area contributed by atoms with Gasteiger partial charge in [-0.2, -0.15) is 0 Å². The quantitative estimate of drug-likeness (QED) is 0.836. The van der Waals surface area contributed by atoms with Crippen LogP contribution in [0.1, 0.15) is 56.3 Å². The van der Waals surface area contributed by atoms with E-state index in [0.717, 1.165) is 23.7 Å². The number of aromatic nitrogens is 1. The number of pyridine rings is 1. The standard InChI is InChI=1S/C18H26N2OS/c1-13-10-14(2)12-20(11-13)18(21)16-8-5-9-19-17(16)22-15-6-3-4-7-15/h5,8-9,13-15H,3-4,6-7,10-12H2,1-2H3/t13-,14+. The zero-order valence-electron chi connectivity index (χ0n) is 13.6. The Balaban J connectivity index is 1.76. The van der Waals surface area contributed by atoms with Gasteiger partial charge in [-0.05, 0) is 43.2 Å². The van der Waals surface area contributed by atoms with Gasteiger partial charge in [-0.3, -0.25) is 4.79 Å². The summed E-state index contributed by atoms with van der Waals surface area (Å²) in [4.78, 5) is 19.5. The lowest BCUT2D eigenvalue weighted by molar-refractivity contribution is 0.0619. The highest BCUT2D eigenvalue weighted by atomic mass is 32.2. The van der Waals surface area contributed by atoms with Gasteiger partial charge in [-0.15, -0.1) is 11.8 Å². The molecule has 2 atom stereocenters. The third-order valence-electron chi connectivity index (χ3n) is 4.74. The molecule has 3 rings (SSSR count). The zero-order valence-corrected chi connectivity index (χ0v) is 14.4. The van der Waals surface area contributed by atoms with E-state index in [1.54, 1.807) is 0 Å². The van der Waals surface area contributed by atoms with Crippen LogP contribution in [0.3, 0.4) is 0 Å². The van der Waals surface area contributed by atoms with Crippen LogP contribution < -0.4 is 0 Å². The largest absolute Gasteiger partial charge is 0.338 e. The summed E-state index contributed by atoms with van der Waals surface area (Å²) in [5.74, 6) is 1.36. The van der Waals surface area contributed by atoms with E-state index in [1.807, 2.05) is 35.0 Å². The molecule has 22 heavy (non-hydrogen) atoms. The fourth-order valence-corrected chi connectivity index (χ4v) is 5.10. The molecule has 1 aromatic rings. The fourth-order valence-electron chi connectivity index (χ4n) is 3.81. The van der Waals surface area contributed by atoms with Crippen molar-refractivity contribution in [2.75, 3.05) is 13.1 Å². The van der Waals surface area contributed by atoms with Crippen LogP contribution in [0.5, 0.6) is 0 Å². The third kappa shape index (κ3) is 3.65. The Labute approximate surface area is 137 Å². The molecule has 2 aliphatic rings. The summed E-state index contributed by atoms with van der Waals surface area (Å²) in [6, 6.07) is 3.85. The Morgan fingerprint density at radius 1 is 1.23 bits per heavy atom. The maximum absolute atomic E-state index is 13.0. The van der Waals surface area contributed by atoms with Gasteiger partial charge in [0.05, 0.1) is 5.56 Å². The number of hydrogen-bond donors (Lipinski definition) is 0. The molecule has 1 saturated heterocycles. The first-order chi connectivity index (χ1) is 10.6. The minimum atomic E-state index is 0.173. The SMILES string of the molecule is C[C@@H]1C[C@H](C)CN(C(=O)c2cccnc2SC2CCCC2)C1. The third-order valence-corrected chi connectivity index (χ3v) is 6.09. The topological polar surface area (TPSA) is 33.2 Å². The first-order valence-electron chi connectivity index (χ1n) is 8.54. The van der Waals surface area contributed by atoms with Crippen molar-refractivity contribution in [1.29, 1.82) is 0 Å². The molecule has 2 heterocycles. The molecule has 1 aliphatic carbocycles. The average molecular weight is 318 g/mol. The summed E-state index contributed by atoms with van der Waals surface area (Å²) in [6.07, 6.45) is 8.18. The Morgan fingerprint density at radius 3 is 2.59 bits per heavy atom. The lowest BCUT2D eigenvalue weighted by atomic mass is 9.91. The summed E-state index contributed by atoms with van der Waals surface area (Å²) in [7, 11) is 0. The van der Waals surface area contributed by atoms with E-state index >= 15 is 0 Å². The molecule has 0 bridgehead atoms. The number of carbonyl (C=O) groups is 1. The van der Waals surface area contributed by atoms with Crippen LogP contribution in [0.4, 0.5) is 0 Å². The maximum Gasteiger partial charge on any atom is 0.256 e. The Morgan fingerprint density at radius 2 is 1.91 bits per heavy atom. The van der Waals surface area contributed by atoms with Crippen molar-refractivity contribution in [2.45, 2.75) is 56.2 Å². The minimum absolute atomic E-state index is 0.173. The van der Waals surface area contributed by atoms with Crippen molar-refractivity contribution in [2.24, 2.45) is 11.8 Å². The molecule has 0 spiro atoms. The second-order valence-electron chi connectivity index (χ2n) is 7.04. The Bertz CT molecular complexity index is 518. The molecule has 1 aliphatic heterocycles. The van der Waals surface area contributed by atoms with Crippen molar-refractivity contribution in [3.63, 3.8) is 0 Å². The number of amides is 1. The molecule has 3 nitrogen and oxygen atoms in total. The molecule has 0 N–H and O–H groups in total. The molecular weight excluding hydrogens is 292 g/mol. The lowest BCUT2D eigenvalue weighted by Gasteiger charge is -2.35. The summed E-state index contributed by atoms with van der Waals surface area (Å²) < 4.78 is 0. The van der Waals surface area contributed by atoms with E-state index in [1.165, 1.54) is 32.1 Å². The van der Waals surface area contributed by atoms with Crippen LogP contribution in [0.25, 0.3) is 0 Å². The molecule has 4 heteroatoms. The van der Waals surface area contributed by atoms with Crippen molar-refractivity contribution in [3.8, 4) is 0 Å². The predicted octanol–water partition coefficient (Wildman–Crippen LogP) is 4.23. The van der Waals surface area contributed by atoms with E-state index in [9.17, 15) is 4.79 Å². The number of likely N-dealkylation sites (tertiary alicyclic amines) is 1. The molecule has 2 fully saturated rings. The minimum Gasteiger partial charge on any atom is -0.338 e. The summed E-state index contributed by atoms with van der Waals surface area (Å²) in [5, 5.41) is 1.57. The maximum atomic E-state index is 13.0. The lowest BCUT2D eigenvalue weighted by Crippen LogP contribution is -2.42. The van der Waals surface area contributed by atoms with Gasteiger partial charge in [0, 0.05) is 24.5 Å². The molecule has 0 radical (unpaired) electrons. The van der Waals surface area contributed by atoms with E-state index in [-0.39, 0.29) is 5.91 Å². The molecule has 0 aromatic carbocycles. The van der Waals surface area contributed by atoms with Crippen LogP contribution >= 0.6 is 11.8 Å². The van der Waals surface area contributed by atoms with Gasteiger partial charge in [0.1, 0.15) is 5.03 Å². The van der Waals surface area contributed by atoms with Gasteiger partial charge in [-0.25, -0.2) is 4.98 Å². The molecule has 120 valence electrons. The smallest absolute Gasteiger partial charge is 0.256 e. The Kier molecular flexibility index (Phi) is 5.07. The van der Waals surface area contributed by atoms with E-state index in [4.69, 9.17) is 0 Å². The summed E-state index contributed by atoms with van der Waals surface area (Å²) in [6.45, 7) is 6.25. The molecule has 0 unspecified atom stereocenters. The Hall–Kier alpha value is -1.03. The van der Waals surface area contributed by atoms with Gasteiger partial charge in [-0.1, -0.05) is 26.7 Å². The average Bonchev–Trinajstić information content (AvgIpc) is 2.99. The molecule has 1 saturated carbocycles. The molecular formula is C18H26N2OS. The van der Waals surface area contributed by atoms with Gasteiger partial charge in [0.2, 0.25) is 0 Å². The van der Waals surface area contributed by atoms with Crippen LogP contribution in [-0.4, -0.2) is 34.1 Å². The number of rotatable bonds is 3. The second kappa shape index (κ2) is 7.03. The van der Waals surface area contributed by atoms with E-state index < -0.39 is 0 Å². The number of hydrogen-bond acceptors (Lipinski definition) is 3. The van der Waals surface area contributed by atoms with Gasteiger partial charge in [0.25, 0.3) is 5.91 Å². The molecule has 1 aromatic heterocycles. The summed E-state index contributed by atoms with van der Waals surface area (Å²) in [5.41, 5.74) is 0.806. The monoisotopic (exact) mass is 318 g/mol. The normalized spacial score (nSPS) is 26.4. The van der Waals surface area contributed by atoms with Crippen molar-refractivity contribution in [3.05, 3.63) is 23.9 Å². The first-order valence-corrected chi connectivity index (χ1v) is 9.42. The fraction of sp³-hybridized carbons (Fsp3) is 0.667. The first kappa shape index (κ1) is 15.9. The van der Waals surface area contributed by atoms with Crippen LogP contribution in [0.15, 0.2) is 23.4 Å². The van der Waals surface area contributed by atoms with E-state index in [2.05, 4.69) is 18.8 Å². The summed E-state index contributed by atoms with van der Waals surface area (Å²) >= 11 is 1.81. The van der Waals surface area contributed by atoms with Crippen LogP contribution in [0.2, 0.25) is 0 Å². The number of piperidine rings is 1. The predicted molar refractivity (Wildman–Crippen MR) is 91.2 cm³/mol. The second-order valence-corrected chi connectivity index (χ2v) is 8.33. The number of thioether (sulfide) groups is 1. The number of carbonyl (C=O) groups excluding carboxylic acids is 1. The van der Waals surface area contributed by atoms with E-state index in [0.29, 0.717) is 17.1 Å². The van der Waals surface area contributed by atoms with Crippen LogP contribution in [-0.2, 0) is 0 Å². The van der Waals surface area contributed by atoms with Crippen molar-refractivity contribution >= 4 is 17.7 Å². The number of nitrogens with zero attached hydrogens (tertiary/aromatic N) is 2. The van der Waals surface area contributed by atoms with Gasteiger partial charge >= 0.3 is 0 Å². The highest BCUT2D eigenvalue weighted by molar-refractivity contribution is 7.99. The van der Waals surface area contributed by atoms with Crippen LogP contribution in [0, 0.1) is 11.8 Å².